The third-order valence-electron chi connectivity index (χ3n) is 4.54. The van der Waals surface area contributed by atoms with Crippen molar-refractivity contribution in [2.24, 2.45) is 11.8 Å². The second-order valence-electron chi connectivity index (χ2n) is 6.92. The van der Waals surface area contributed by atoms with Gasteiger partial charge in [-0.3, -0.25) is 10.1 Å². The molecule has 1 fully saturated rings. The summed E-state index contributed by atoms with van der Waals surface area (Å²) in [4.78, 5) is 11.8. The van der Waals surface area contributed by atoms with Crippen LogP contribution in [0, 0.1) is 11.8 Å². The van der Waals surface area contributed by atoms with Gasteiger partial charge >= 0.3 is 5.97 Å². The minimum absolute atomic E-state index is 0.180. The molecule has 124 valence electrons. The zero-order valence-electron chi connectivity index (χ0n) is 14.2. The number of carbonyl (C=O) groups is 1. The highest BCUT2D eigenvalue weighted by Gasteiger charge is 2.48. The van der Waals surface area contributed by atoms with E-state index in [0.717, 1.165) is 32.3 Å². The summed E-state index contributed by atoms with van der Waals surface area (Å²) in [5.74, 6) is 0.0773. The van der Waals surface area contributed by atoms with Crippen LogP contribution < -0.4 is 5.32 Å². The predicted molar refractivity (Wildman–Crippen MR) is 85.5 cm³/mol. The third kappa shape index (κ3) is 5.26. The van der Waals surface area contributed by atoms with Crippen LogP contribution in [-0.4, -0.2) is 35.9 Å². The van der Waals surface area contributed by atoms with Crippen molar-refractivity contribution >= 4 is 5.97 Å². The average Bonchev–Trinajstić information content (AvgIpc) is 2.78. The second-order valence-corrected chi connectivity index (χ2v) is 6.92. The Hall–Kier alpha value is -0.610. The van der Waals surface area contributed by atoms with E-state index in [0.29, 0.717) is 12.5 Å². The van der Waals surface area contributed by atoms with Crippen LogP contribution in [-0.2, 0) is 9.53 Å². The van der Waals surface area contributed by atoms with Gasteiger partial charge in [-0.05, 0) is 51.4 Å². The molecule has 0 aliphatic heterocycles. The van der Waals surface area contributed by atoms with E-state index in [1.807, 2.05) is 13.8 Å². The van der Waals surface area contributed by atoms with Gasteiger partial charge in [-0.2, -0.15) is 0 Å². The molecule has 1 rings (SSSR count). The molecule has 1 saturated carbocycles. The first-order valence-electron chi connectivity index (χ1n) is 8.51. The summed E-state index contributed by atoms with van der Waals surface area (Å²) >= 11 is 0. The molecular formula is C17H33NO3. The molecular weight excluding hydrogens is 266 g/mol. The molecule has 0 radical (unpaired) electrons. The minimum atomic E-state index is -0.743. The molecule has 1 aliphatic carbocycles. The summed E-state index contributed by atoms with van der Waals surface area (Å²) in [5.41, 5.74) is -0.743. The van der Waals surface area contributed by atoms with Crippen LogP contribution in [0.3, 0.4) is 0 Å². The molecule has 0 amide bonds. The number of hydrogen-bond donors (Lipinski definition) is 2. The van der Waals surface area contributed by atoms with Crippen molar-refractivity contribution in [2.75, 3.05) is 13.2 Å². The van der Waals surface area contributed by atoms with Gasteiger partial charge in [0, 0.05) is 19.3 Å². The van der Waals surface area contributed by atoms with Crippen LogP contribution in [0.1, 0.15) is 66.2 Å². The summed E-state index contributed by atoms with van der Waals surface area (Å²) in [6, 6.07) is 0.187. The molecule has 3 unspecified atom stereocenters. The summed E-state index contributed by atoms with van der Waals surface area (Å²) in [7, 11) is 0. The lowest BCUT2D eigenvalue weighted by atomic mass is 9.84. The van der Waals surface area contributed by atoms with Crippen molar-refractivity contribution in [1.29, 1.82) is 0 Å². The molecule has 0 heterocycles. The van der Waals surface area contributed by atoms with E-state index in [1.54, 1.807) is 0 Å². The van der Waals surface area contributed by atoms with Crippen molar-refractivity contribution in [1.82, 2.24) is 5.32 Å². The fourth-order valence-corrected chi connectivity index (χ4v) is 3.60. The Morgan fingerprint density at radius 2 is 2.14 bits per heavy atom. The number of rotatable bonds is 10. The topological polar surface area (TPSA) is 58.6 Å². The fraction of sp³-hybridized carbons (Fsp3) is 0.941. The zero-order valence-corrected chi connectivity index (χ0v) is 14.2. The van der Waals surface area contributed by atoms with E-state index in [-0.39, 0.29) is 12.0 Å². The van der Waals surface area contributed by atoms with Crippen LogP contribution in [0.2, 0.25) is 0 Å². The lowest BCUT2D eigenvalue weighted by Gasteiger charge is -2.34. The lowest BCUT2D eigenvalue weighted by molar-refractivity contribution is -0.147. The first-order valence-corrected chi connectivity index (χ1v) is 8.51. The van der Waals surface area contributed by atoms with Crippen molar-refractivity contribution in [3.63, 3.8) is 0 Å². The normalized spacial score (nSPS) is 27.2. The van der Waals surface area contributed by atoms with E-state index in [9.17, 15) is 9.90 Å². The van der Waals surface area contributed by atoms with Gasteiger partial charge < -0.3 is 9.84 Å². The van der Waals surface area contributed by atoms with Crippen LogP contribution in [0.25, 0.3) is 0 Å². The molecule has 0 spiro atoms. The molecule has 1 aliphatic rings. The van der Waals surface area contributed by atoms with E-state index in [4.69, 9.17) is 4.74 Å². The molecule has 0 saturated heterocycles. The van der Waals surface area contributed by atoms with Crippen LogP contribution >= 0.6 is 0 Å². The molecule has 2 N–H and O–H groups in total. The summed E-state index contributed by atoms with van der Waals surface area (Å²) in [6.45, 7) is 9.90. The number of carboxylic acid groups (broad SMARTS) is 1. The highest BCUT2D eigenvalue weighted by molar-refractivity contribution is 5.79. The summed E-state index contributed by atoms with van der Waals surface area (Å²) in [5, 5.41) is 13.0. The van der Waals surface area contributed by atoms with Crippen molar-refractivity contribution in [3.8, 4) is 0 Å². The first kappa shape index (κ1) is 18.4. The van der Waals surface area contributed by atoms with E-state index in [1.165, 1.54) is 12.8 Å². The maximum absolute atomic E-state index is 11.8. The highest BCUT2D eigenvalue weighted by Crippen LogP contribution is 2.38. The molecule has 4 nitrogen and oxygen atoms in total. The summed E-state index contributed by atoms with van der Waals surface area (Å²) < 4.78 is 5.77. The number of ether oxygens (including phenoxy) is 1. The van der Waals surface area contributed by atoms with Crippen molar-refractivity contribution in [2.45, 2.75) is 77.8 Å². The van der Waals surface area contributed by atoms with Crippen LogP contribution in [0.4, 0.5) is 0 Å². The Morgan fingerprint density at radius 3 is 2.71 bits per heavy atom. The van der Waals surface area contributed by atoms with Gasteiger partial charge in [0.25, 0.3) is 0 Å². The number of aliphatic carboxylic acids is 1. The summed E-state index contributed by atoms with van der Waals surface area (Å²) in [6.07, 6.45) is 5.93. The number of hydrogen-bond acceptors (Lipinski definition) is 3. The minimum Gasteiger partial charge on any atom is -0.480 e. The highest BCUT2D eigenvalue weighted by atomic mass is 16.5. The Labute approximate surface area is 129 Å². The van der Waals surface area contributed by atoms with Crippen LogP contribution in [0.5, 0.6) is 0 Å². The maximum Gasteiger partial charge on any atom is 0.324 e. The predicted octanol–water partition coefficient (Wildman–Crippen LogP) is 3.45. The monoisotopic (exact) mass is 299 g/mol. The molecule has 21 heavy (non-hydrogen) atoms. The van der Waals surface area contributed by atoms with E-state index >= 15 is 0 Å². The molecule has 0 aromatic heterocycles. The molecule has 4 heteroatoms. The maximum atomic E-state index is 11.8. The molecule has 0 aromatic rings. The Balaban J connectivity index is 2.46. The van der Waals surface area contributed by atoms with Gasteiger partial charge in [-0.15, -0.1) is 0 Å². The van der Waals surface area contributed by atoms with Gasteiger partial charge in [0.15, 0.2) is 0 Å². The lowest BCUT2D eigenvalue weighted by Crippen LogP contribution is -2.57. The van der Waals surface area contributed by atoms with Crippen molar-refractivity contribution < 1.29 is 14.6 Å². The largest absolute Gasteiger partial charge is 0.480 e. The molecule has 0 bridgehead atoms. The first-order chi connectivity index (χ1) is 9.92. The fourth-order valence-electron chi connectivity index (χ4n) is 3.60. The SMILES string of the molecule is CCCC(C)COCCC1CCCC1(NC(C)C)C(=O)O. The van der Waals surface area contributed by atoms with E-state index in [2.05, 4.69) is 19.2 Å². The number of nitrogens with one attached hydrogen (secondary N) is 1. The molecule has 0 aromatic carbocycles. The van der Waals surface area contributed by atoms with E-state index < -0.39 is 11.5 Å². The third-order valence-corrected chi connectivity index (χ3v) is 4.54. The quantitative estimate of drug-likeness (QED) is 0.607. The number of carboxylic acids is 1. The Kier molecular flexibility index (Phi) is 7.67. The zero-order chi connectivity index (χ0) is 15.9. The second kappa shape index (κ2) is 8.74. The average molecular weight is 299 g/mol. The van der Waals surface area contributed by atoms with Gasteiger partial charge in [-0.25, -0.2) is 0 Å². The van der Waals surface area contributed by atoms with Gasteiger partial charge in [0.05, 0.1) is 0 Å². The Morgan fingerprint density at radius 1 is 1.43 bits per heavy atom. The van der Waals surface area contributed by atoms with Gasteiger partial charge in [-0.1, -0.05) is 26.7 Å². The molecule has 3 atom stereocenters. The van der Waals surface area contributed by atoms with Gasteiger partial charge in [0.2, 0.25) is 0 Å². The van der Waals surface area contributed by atoms with Crippen molar-refractivity contribution in [3.05, 3.63) is 0 Å². The Bertz CT molecular complexity index is 319. The smallest absolute Gasteiger partial charge is 0.324 e. The standard InChI is InChI=1S/C17H33NO3/c1-5-7-14(4)12-21-11-9-15-8-6-10-17(15,16(19)20)18-13(2)3/h13-15,18H,5-12H2,1-4H3,(H,19,20). The van der Waals surface area contributed by atoms with Gasteiger partial charge in [0.1, 0.15) is 5.54 Å². The van der Waals surface area contributed by atoms with Crippen LogP contribution in [0.15, 0.2) is 0 Å².